The molecule has 10 nitrogen and oxygen atoms in total. The molecule has 1 saturated heterocycles. The molecule has 1 aliphatic rings. The number of hydrogen-bond acceptors (Lipinski definition) is 7. The first-order valence-electron chi connectivity index (χ1n) is 10.6. The highest BCUT2D eigenvalue weighted by Crippen LogP contribution is 2.24. The van der Waals surface area contributed by atoms with E-state index in [0.717, 1.165) is 32.7 Å². The molecular weight excluding hydrogens is 436 g/mol. The molecule has 11 heteroatoms. The number of para-hydroxylation sites is 1. The van der Waals surface area contributed by atoms with Crippen LogP contribution in [-0.4, -0.2) is 74.5 Å². The molecule has 0 bridgehead atoms. The molecule has 1 aromatic carbocycles. The van der Waals surface area contributed by atoms with Crippen molar-refractivity contribution in [1.29, 1.82) is 0 Å². The van der Waals surface area contributed by atoms with E-state index >= 15 is 0 Å². The van der Waals surface area contributed by atoms with E-state index in [1.807, 2.05) is 0 Å². The minimum Gasteiger partial charge on any atom is -0.489 e. The van der Waals surface area contributed by atoms with Gasteiger partial charge in [-0.3, -0.25) is 14.3 Å². The summed E-state index contributed by atoms with van der Waals surface area (Å²) in [6, 6.07) is 7.02. The monoisotopic (exact) mass is 462 g/mol. The van der Waals surface area contributed by atoms with E-state index < -0.39 is 17.4 Å². The number of fused-ring (bicyclic) bond motifs is 1. The maximum absolute atomic E-state index is 12.7. The number of H-pyrrole nitrogens is 1. The molecule has 1 atom stereocenters. The van der Waals surface area contributed by atoms with Crippen molar-refractivity contribution in [2.75, 3.05) is 44.2 Å². The first-order valence-corrected chi connectivity index (χ1v) is 11.0. The summed E-state index contributed by atoms with van der Waals surface area (Å²) in [6.07, 6.45) is -0.934. The molecular formula is C21H27ClN6O4. The Bertz CT molecular complexity index is 1210. The second-order valence-electron chi connectivity index (χ2n) is 7.83. The molecule has 0 spiro atoms. The fourth-order valence-corrected chi connectivity index (χ4v) is 4.10. The predicted octanol–water partition coefficient (Wildman–Crippen LogP) is 0.659. The van der Waals surface area contributed by atoms with Crippen LogP contribution in [0.5, 0.6) is 5.75 Å². The molecule has 2 aromatic heterocycles. The molecule has 1 fully saturated rings. The first kappa shape index (κ1) is 22.4. The predicted molar refractivity (Wildman–Crippen MR) is 123 cm³/mol. The van der Waals surface area contributed by atoms with Gasteiger partial charge in [0.05, 0.1) is 11.6 Å². The number of imidazole rings is 1. The summed E-state index contributed by atoms with van der Waals surface area (Å²) in [5.41, 5.74) is -0.534. The molecule has 0 saturated carbocycles. The number of anilines is 1. The Kier molecular flexibility index (Phi) is 6.54. The first-order chi connectivity index (χ1) is 15.4. The maximum atomic E-state index is 12.7. The summed E-state index contributed by atoms with van der Waals surface area (Å²) in [5.74, 6) is 1.03. The number of aliphatic hydroxyl groups is 1. The Morgan fingerprint density at radius 2 is 1.94 bits per heavy atom. The molecule has 3 aromatic rings. The lowest BCUT2D eigenvalue weighted by Gasteiger charge is -2.35. The molecule has 172 valence electrons. The van der Waals surface area contributed by atoms with Gasteiger partial charge in [-0.2, -0.15) is 4.98 Å². The van der Waals surface area contributed by atoms with Gasteiger partial charge in [0, 0.05) is 33.2 Å². The van der Waals surface area contributed by atoms with Crippen LogP contribution in [0.3, 0.4) is 0 Å². The molecule has 1 aliphatic heterocycles. The lowest BCUT2D eigenvalue weighted by Crippen LogP contribution is -2.47. The average molecular weight is 463 g/mol. The standard InChI is InChI=1S/C21H27ClN6O4/c1-3-26-8-10-27(11-9-26)20-23-18-17(19(30)24-21(31)25(18)2)28(20)12-14(29)13-32-16-7-5-4-6-15(16)22/h4-7,14,29H,3,8-13H2,1-2H3,(H,24,30,31). The van der Waals surface area contributed by atoms with E-state index in [0.29, 0.717) is 16.7 Å². The number of rotatable bonds is 7. The fraction of sp³-hybridized carbons (Fsp3) is 0.476. The van der Waals surface area contributed by atoms with E-state index in [4.69, 9.17) is 16.3 Å². The van der Waals surface area contributed by atoms with Gasteiger partial charge in [-0.25, -0.2) is 4.79 Å². The van der Waals surface area contributed by atoms with Crippen LogP contribution in [-0.2, 0) is 13.6 Å². The van der Waals surface area contributed by atoms with Crippen LogP contribution in [0.15, 0.2) is 33.9 Å². The average Bonchev–Trinajstić information content (AvgIpc) is 3.17. The van der Waals surface area contributed by atoms with E-state index in [1.54, 1.807) is 35.9 Å². The highest BCUT2D eigenvalue weighted by atomic mass is 35.5. The summed E-state index contributed by atoms with van der Waals surface area (Å²) in [7, 11) is 1.56. The summed E-state index contributed by atoms with van der Waals surface area (Å²) in [4.78, 5) is 36.2. The van der Waals surface area contributed by atoms with Gasteiger partial charge in [0.15, 0.2) is 11.2 Å². The van der Waals surface area contributed by atoms with Gasteiger partial charge in [0.1, 0.15) is 18.5 Å². The second kappa shape index (κ2) is 9.35. The van der Waals surface area contributed by atoms with Gasteiger partial charge >= 0.3 is 5.69 Å². The van der Waals surface area contributed by atoms with Crippen molar-refractivity contribution < 1.29 is 9.84 Å². The van der Waals surface area contributed by atoms with Gasteiger partial charge in [0.25, 0.3) is 5.56 Å². The Balaban J connectivity index is 1.65. The van der Waals surface area contributed by atoms with Crippen LogP contribution in [0.2, 0.25) is 5.02 Å². The van der Waals surface area contributed by atoms with Gasteiger partial charge < -0.3 is 24.2 Å². The number of ether oxygens (including phenoxy) is 1. The highest BCUT2D eigenvalue weighted by Gasteiger charge is 2.25. The van der Waals surface area contributed by atoms with Crippen LogP contribution < -0.4 is 20.9 Å². The zero-order valence-electron chi connectivity index (χ0n) is 18.1. The molecule has 32 heavy (non-hydrogen) atoms. The minimum absolute atomic E-state index is 0.0177. The normalized spacial score (nSPS) is 15.9. The van der Waals surface area contributed by atoms with E-state index in [1.165, 1.54) is 4.57 Å². The third-order valence-corrected chi connectivity index (χ3v) is 6.06. The van der Waals surface area contributed by atoms with Crippen molar-refractivity contribution in [3.05, 3.63) is 50.1 Å². The van der Waals surface area contributed by atoms with Crippen LogP contribution in [0, 0.1) is 0 Å². The molecule has 3 heterocycles. The van der Waals surface area contributed by atoms with Crippen molar-refractivity contribution in [3.8, 4) is 5.75 Å². The Morgan fingerprint density at radius 1 is 1.22 bits per heavy atom. The largest absolute Gasteiger partial charge is 0.489 e. The zero-order chi connectivity index (χ0) is 22.8. The Morgan fingerprint density at radius 3 is 2.62 bits per heavy atom. The van der Waals surface area contributed by atoms with E-state index in [-0.39, 0.29) is 24.3 Å². The van der Waals surface area contributed by atoms with Crippen LogP contribution in [0.4, 0.5) is 5.95 Å². The lowest BCUT2D eigenvalue weighted by molar-refractivity contribution is 0.0936. The van der Waals surface area contributed by atoms with Gasteiger partial charge in [-0.05, 0) is 18.7 Å². The number of aromatic amines is 1. The Labute approximate surface area is 189 Å². The van der Waals surface area contributed by atoms with Gasteiger partial charge in [0.2, 0.25) is 5.95 Å². The number of benzene rings is 1. The third kappa shape index (κ3) is 4.38. The van der Waals surface area contributed by atoms with Crippen molar-refractivity contribution in [2.45, 2.75) is 19.6 Å². The summed E-state index contributed by atoms with van der Waals surface area (Å²) < 4.78 is 8.66. The molecule has 0 aliphatic carbocycles. The lowest BCUT2D eigenvalue weighted by atomic mass is 10.3. The molecule has 1 unspecified atom stereocenters. The zero-order valence-corrected chi connectivity index (χ0v) is 18.9. The quantitative estimate of drug-likeness (QED) is 0.531. The third-order valence-electron chi connectivity index (χ3n) is 5.75. The number of aliphatic hydroxyl groups excluding tert-OH is 1. The van der Waals surface area contributed by atoms with Crippen molar-refractivity contribution in [3.63, 3.8) is 0 Å². The topological polar surface area (TPSA) is 109 Å². The molecule has 0 radical (unpaired) electrons. The van der Waals surface area contributed by atoms with Crippen molar-refractivity contribution in [2.24, 2.45) is 7.05 Å². The summed E-state index contributed by atoms with van der Waals surface area (Å²) >= 11 is 6.12. The van der Waals surface area contributed by atoms with E-state index in [2.05, 4.69) is 26.7 Å². The number of halogens is 1. The maximum Gasteiger partial charge on any atom is 0.329 e. The second-order valence-corrected chi connectivity index (χ2v) is 8.24. The van der Waals surface area contributed by atoms with Gasteiger partial charge in [-0.15, -0.1) is 0 Å². The number of nitrogens with zero attached hydrogens (tertiary/aromatic N) is 5. The van der Waals surface area contributed by atoms with E-state index in [9.17, 15) is 14.7 Å². The molecule has 0 amide bonds. The number of hydrogen-bond donors (Lipinski definition) is 2. The van der Waals surface area contributed by atoms with Gasteiger partial charge in [-0.1, -0.05) is 30.7 Å². The minimum atomic E-state index is -0.934. The Hall–Kier alpha value is -2.82. The van der Waals surface area contributed by atoms with Crippen LogP contribution in [0.1, 0.15) is 6.92 Å². The van der Waals surface area contributed by atoms with Crippen molar-refractivity contribution in [1.82, 2.24) is 24.0 Å². The number of aromatic nitrogens is 4. The van der Waals surface area contributed by atoms with Crippen LogP contribution in [0.25, 0.3) is 11.2 Å². The van der Waals surface area contributed by atoms with Crippen LogP contribution >= 0.6 is 11.6 Å². The number of nitrogens with one attached hydrogen (secondary N) is 1. The number of likely N-dealkylation sites (N-methyl/N-ethyl adjacent to an activating group) is 1. The number of piperazine rings is 1. The molecule has 4 rings (SSSR count). The number of aryl methyl sites for hydroxylation is 1. The van der Waals surface area contributed by atoms with Crippen molar-refractivity contribution >= 4 is 28.7 Å². The smallest absolute Gasteiger partial charge is 0.329 e. The summed E-state index contributed by atoms with van der Waals surface area (Å²) in [5, 5.41) is 11.2. The SMILES string of the molecule is CCN1CCN(c2nc3c(c(=O)[nH]c(=O)n3C)n2CC(O)COc2ccccc2Cl)CC1. The molecule has 2 N–H and O–H groups in total. The highest BCUT2D eigenvalue weighted by molar-refractivity contribution is 6.32. The summed E-state index contributed by atoms with van der Waals surface area (Å²) in [6.45, 7) is 6.35. The fourth-order valence-electron chi connectivity index (χ4n) is 3.91.